The van der Waals surface area contributed by atoms with Crippen molar-refractivity contribution in [1.29, 1.82) is 0 Å². The molecule has 1 saturated heterocycles. The molecule has 1 fully saturated rings. The van der Waals surface area contributed by atoms with Gasteiger partial charge in [0.25, 0.3) is 0 Å². The predicted octanol–water partition coefficient (Wildman–Crippen LogP) is 2.84. The Hall–Kier alpha value is -2.54. The number of methoxy groups -OCH3 is 1. The van der Waals surface area contributed by atoms with Crippen LogP contribution in [0.2, 0.25) is 0 Å². The zero-order chi connectivity index (χ0) is 20.5. The van der Waals surface area contributed by atoms with Crippen molar-refractivity contribution in [3.05, 3.63) is 29.8 Å². The number of nitrogens with zero attached hydrogens (tertiary/aromatic N) is 2. The first-order chi connectivity index (χ1) is 13.2. The number of hydrogen-bond donors (Lipinski definition) is 0. The summed E-state index contributed by atoms with van der Waals surface area (Å²) in [4.78, 5) is 28.1. The molecule has 0 N–H and O–H groups in total. The number of fused-ring (bicyclic) bond motifs is 1. The first-order valence-electron chi connectivity index (χ1n) is 9.45. The lowest BCUT2D eigenvalue weighted by Gasteiger charge is -2.36. The Bertz CT molecular complexity index is 789. The van der Waals surface area contributed by atoms with Crippen molar-refractivity contribution in [2.24, 2.45) is 0 Å². The summed E-state index contributed by atoms with van der Waals surface area (Å²) in [5, 5.41) is 0. The van der Waals surface area contributed by atoms with Crippen molar-refractivity contribution in [1.82, 2.24) is 9.80 Å². The fourth-order valence-electron chi connectivity index (χ4n) is 3.42. The Kier molecular flexibility index (Phi) is 5.65. The standard InChI is InChI=1S/C21H28N2O5/c1-14(18-17(26-5)7-6-15-16(24)13-27-19(15)18)12-22-8-10-23(11-9-22)20(25)28-21(2,3)4/h6-7H,1,8-13H2,2-5H3. The Morgan fingerprint density at radius 2 is 1.89 bits per heavy atom. The van der Waals surface area contributed by atoms with Crippen LogP contribution in [-0.2, 0) is 4.74 Å². The number of piperazine rings is 1. The van der Waals surface area contributed by atoms with Crippen LogP contribution in [-0.4, -0.2) is 73.7 Å². The van der Waals surface area contributed by atoms with Crippen molar-refractivity contribution in [2.45, 2.75) is 26.4 Å². The molecule has 3 rings (SSSR count). The van der Waals surface area contributed by atoms with E-state index in [0.717, 1.165) is 24.2 Å². The van der Waals surface area contributed by atoms with E-state index in [2.05, 4.69) is 11.5 Å². The smallest absolute Gasteiger partial charge is 0.410 e. The van der Waals surface area contributed by atoms with Gasteiger partial charge in [0.1, 0.15) is 17.1 Å². The maximum atomic E-state index is 12.2. The summed E-state index contributed by atoms with van der Waals surface area (Å²) >= 11 is 0. The van der Waals surface area contributed by atoms with Crippen molar-refractivity contribution in [2.75, 3.05) is 46.4 Å². The number of Topliss-reactive ketones (excluding diaryl/α,β-unsaturated/α-hetero) is 1. The zero-order valence-corrected chi connectivity index (χ0v) is 17.0. The Morgan fingerprint density at radius 3 is 2.50 bits per heavy atom. The maximum Gasteiger partial charge on any atom is 0.410 e. The molecule has 2 aliphatic heterocycles. The molecule has 0 radical (unpaired) electrons. The van der Waals surface area contributed by atoms with Crippen molar-refractivity contribution in [3.63, 3.8) is 0 Å². The lowest BCUT2D eigenvalue weighted by atomic mass is 10.00. The molecule has 2 heterocycles. The van der Waals surface area contributed by atoms with E-state index < -0.39 is 5.60 Å². The summed E-state index contributed by atoms with van der Waals surface area (Å²) < 4.78 is 16.5. The summed E-state index contributed by atoms with van der Waals surface area (Å²) in [5.41, 5.74) is 1.66. The molecule has 28 heavy (non-hydrogen) atoms. The molecule has 7 nitrogen and oxygen atoms in total. The molecule has 0 spiro atoms. The van der Waals surface area contributed by atoms with E-state index in [9.17, 15) is 9.59 Å². The highest BCUT2D eigenvalue weighted by Crippen LogP contribution is 2.40. The quantitative estimate of drug-likeness (QED) is 0.790. The fraction of sp³-hybridized carbons (Fsp3) is 0.524. The van der Waals surface area contributed by atoms with Crippen molar-refractivity contribution >= 4 is 17.4 Å². The minimum Gasteiger partial charge on any atom is -0.496 e. The molecular weight excluding hydrogens is 360 g/mol. The summed E-state index contributed by atoms with van der Waals surface area (Å²) in [6, 6.07) is 3.52. The van der Waals surface area contributed by atoms with E-state index in [1.165, 1.54) is 0 Å². The van der Waals surface area contributed by atoms with Gasteiger partial charge >= 0.3 is 6.09 Å². The first kappa shape index (κ1) is 20.2. The molecule has 1 amide bonds. The molecule has 1 aromatic rings. The molecule has 152 valence electrons. The van der Waals surface area contributed by atoms with E-state index in [4.69, 9.17) is 14.2 Å². The van der Waals surface area contributed by atoms with Crippen molar-refractivity contribution in [3.8, 4) is 11.5 Å². The van der Waals surface area contributed by atoms with Crippen LogP contribution < -0.4 is 9.47 Å². The van der Waals surface area contributed by atoms with E-state index in [1.54, 1.807) is 24.1 Å². The van der Waals surface area contributed by atoms with Gasteiger partial charge in [-0.2, -0.15) is 0 Å². The summed E-state index contributed by atoms with van der Waals surface area (Å²) in [5.74, 6) is 1.17. The van der Waals surface area contributed by atoms with Crippen molar-refractivity contribution < 1.29 is 23.8 Å². The van der Waals surface area contributed by atoms with E-state index in [1.807, 2.05) is 20.8 Å². The van der Waals surface area contributed by atoms with Gasteiger partial charge in [0, 0.05) is 32.7 Å². The third-order valence-electron chi connectivity index (χ3n) is 4.78. The van der Waals surface area contributed by atoms with Crippen LogP contribution in [0, 0.1) is 0 Å². The van der Waals surface area contributed by atoms with Crippen LogP contribution in [0.15, 0.2) is 18.7 Å². The van der Waals surface area contributed by atoms with Crippen LogP contribution in [0.4, 0.5) is 4.79 Å². The number of rotatable bonds is 4. The van der Waals surface area contributed by atoms with E-state index in [0.29, 0.717) is 36.7 Å². The normalized spacial score (nSPS) is 17.1. The van der Waals surface area contributed by atoms with Gasteiger partial charge in [0.15, 0.2) is 6.61 Å². The summed E-state index contributed by atoms with van der Waals surface area (Å²) in [6.45, 7) is 13.1. The number of benzene rings is 1. The minimum atomic E-state index is -0.496. The molecule has 0 atom stereocenters. The predicted molar refractivity (Wildman–Crippen MR) is 106 cm³/mol. The Labute approximate surface area is 165 Å². The Balaban J connectivity index is 1.64. The van der Waals surface area contributed by atoms with Gasteiger partial charge in [-0.05, 0) is 38.5 Å². The molecule has 1 aromatic carbocycles. The molecule has 2 aliphatic rings. The van der Waals surface area contributed by atoms with Gasteiger partial charge in [-0.25, -0.2) is 4.79 Å². The Morgan fingerprint density at radius 1 is 1.21 bits per heavy atom. The van der Waals surface area contributed by atoms with Gasteiger partial charge in [0.2, 0.25) is 5.78 Å². The largest absolute Gasteiger partial charge is 0.496 e. The van der Waals surface area contributed by atoms with Gasteiger partial charge in [-0.15, -0.1) is 0 Å². The maximum absolute atomic E-state index is 12.2. The van der Waals surface area contributed by atoms with Gasteiger partial charge in [-0.3, -0.25) is 9.69 Å². The summed E-state index contributed by atoms with van der Waals surface area (Å²) in [7, 11) is 1.59. The summed E-state index contributed by atoms with van der Waals surface area (Å²) in [6.07, 6.45) is -0.277. The second-order valence-electron chi connectivity index (χ2n) is 8.08. The van der Waals surface area contributed by atoms with E-state index >= 15 is 0 Å². The molecule has 0 aliphatic carbocycles. The zero-order valence-electron chi connectivity index (χ0n) is 17.0. The average molecular weight is 388 g/mol. The molecule has 7 heteroatoms. The number of amides is 1. The number of ketones is 1. The molecular formula is C21H28N2O5. The highest BCUT2D eigenvalue weighted by atomic mass is 16.6. The van der Waals surface area contributed by atoms with Crippen LogP contribution in [0.5, 0.6) is 11.5 Å². The highest BCUT2D eigenvalue weighted by molar-refractivity contribution is 6.04. The van der Waals surface area contributed by atoms with Crippen LogP contribution in [0.25, 0.3) is 5.57 Å². The molecule has 0 saturated carbocycles. The minimum absolute atomic E-state index is 0.0299. The third kappa shape index (κ3) is 4.30. The molecule has 0 aromatic heterocycles. The fourth-order valence-corrected chi connectivity index (χ4v) is 3.42. The van der Waals surface area contributed by atoms with Gasteiger partial charge in [-0.1, -0.05) is 6.58 Å². The van der Waals surface area contributed by atoms with E-state index in [-0.39, 0.29) is 18.5 Å². The number of hydrogen-bond acceptors (Lipinski definition) is 6. The topological polar surface area (TPSA) is 68.3 Å². The lowest BCUT2D eigenvalue weighted by molar-refractivity contribution is 0.0155. The monoisotopic (exact) mass is 388 g/mol. The second-order valence-corrected chi connectivity index (χ2v) is 8.08. The van der Waals surface area contributed by atoms with Gasteiger partial charge < -0.3 is 19.1 Å². The molecule has 0 bridgehead atoms. The SMILES string of the molecule is C=C(CN1CCN(C(=O)OC(C)(C)C)CC1)c1c(OC)ccc2c1OCC2=O. The van der Waals surface area contributed by atoms with Gasteiger partial charge in [0.05, 0.1) is 18.2 Å². The second kappa shape index (κ2) is 7.83. The lowest BCUT2D eigenvalue weighted by Crippen LogP contribution is -2.50. The average Bonchev–Trinajstić information content (AvgIpc) is 3.01. The van der Waals surface area contributed by atoms with Crippen LogP contribution in [0.1, 0.15) is 36.7 Å². The highest BCUT2D eigenvalue weighted by Gasteiger charge is 2.30. The number of ether oxygens (including phenoxy) is 3. The van der Waals surface area contributed by atoms with Crippen LogP contribution >= 0.6 is 0 Å². The molecule has 0 unspecified atom stereocenters. The number of carbonyl (C=O) groups excluding carboxylic acids is 2. The third-order valence-corrected chi connectivity index (χ3v) is 4.78. The number of carbonyl (C=O) groups is 2. The van der Waals surface area contributed by atoms with Crippen LogP contribution in [0.3, 0.4) is 0 Å². The first-order valence-corrected chi connectivity index (χ1v) is 9.45.